The van der Waals surface area contributed by atoms with E-state index in [1.165, 1.54) is 6.42 Å². The molecule has 0 aromatic rings. The van der Waals surface area contributed by atoms with Crippen LogP contribution in [0.3, 0.4) is 0 Å². The first-order valence-corrected chi connectivity index (χ1v) is 8.49. The van der Waals surface area contributed by atoms with Crippen molar-refractivity contribution in [1.82, 2.24) is 5.32 Å². The Labute approximate surface area is 129 Å². The van der Waals surface area contributed by atoms with E-state index < -0.39 is 0 Å². The summed E-state index contributed by atoms with van der Waals surface area (Å²) in [7, 11) is 0. The van der Waals surface area contributed by atoms with E-state index in [9.17, 15) is 9.90 Å². The number of aliphatic hydroxyl groups is 1. The molecule has 4 nitrogen and oxygen atoms in total. The van der Waals surface area contributed by atoms with Crippen molar-refractivity contribution in [3.63, 3.8) is 0 Å². The number of rotatable bonds is 7. The third kappa shape index (κ3) is 6.79. The average molecular weight is 298 g/mol. The molecule has 0 bridgehead atoms. The lowest BCUT2D eigenvalue weighted by Crippen LogP contribution is -2.37. The van der Waals surface area contributed by atoms with Gasteiger partial charge >= 0.3 is 0 Å². The highest BCUT2D eigenvalue weighted by atomic mass is 16.3. The minimum atomic E-state index is -0.237. The van der Waals surface area contributed by atoms with E-state index in [4.69, 9.17) is 5.73 Å². The number of carbonyl (C=O) groups is 1. The highest BCUT2D eigenvalue weighted by Gasteiger charge is 2.25. The normalized spacial score (nSPS) is 24.6. The van der Waals surface area contributed by atoms with Crippen molar-refractivity contribution in [3.8, 4) is 0 Å². The van der Waals surface area contributed by atoms with Gasteiger partial charge in [-0.05, 0) is 43.6 Å². The molecule has 21 heavy (non-hydrogen) atoms. The quantitative estimate of drug-likeness (QED) is 0.676. The van der Waals surface area contributed by atoms with Gasteiger partial charge < -0.3 is 16.2 Å². The van der Waals surface area contributed by atoms with Gasteiger partial charge in [0.1, 0.15) is 0 Å². The van der Waals surface area contributed by atoms with Crippen LogP contribution in [-0.4, -0.2) is 30.2 Å². The van der Waals surface area contributed by atoms with Gasteiger partial charge in [0, 0.05) is 18.9 Å². The third-order valence-corrected chi connectivity index (χ3v) is 4.89. The molecule has 1 saturated carbocycles. The summed E-state index contributed by atoms with van der Waals surface area (Å²) in [5, 5.41) is 12.9. The predicted molar refractivity (Wildman–Crippen MR) is 86.8 cm³/mol. The Hall–Kier alpha value is -0.610. The number of hydrogen-bond acceptors (Lipinski definition) is 3. The first kappa shape index (κ1) is 18.4. The number of amides is 1. The van der Waals surface area contributed by atoms with Crippen molar-refractivity contribution in [1.29, 1.82) is 0 Å². The molecule has 1 amide bonds. The Morgan fingerprint density at radius 2 is 1.95 bits per heavy atom. The second-order valence-electron chi connectivity index (χ2n) is 7.59. The summed E-state index contributed by atoms with van der Waals surface area (Å²) in [6.45, 7) is 7.94. The van der Waals surface area contributed by atoms with E-state index in [-0.39, 0.29) is 23.3 Å². The van der Waals surface area contributed by atoms with Crippen LogP contribution in [0.5, 0.6) is 0 Å². The second-order valence-corrected chi connectivity index (χ2v) is 7.59. The summed E-state index contributed by atoms with van der Waals surface area (Å²) in [6, 6.07) is 0. The number of nitrogens with two attached hydrogens (primary N) is 1. The minimum Gasteiger partial charge on any atom is -0.393 e. The smallest absolute Gasteiger partial charge is 0.220 e. The first-order valence-electron chi connectivity index (χ1n) is 8.49. The molecule has 0 aromatic carbocycles. The first-order chi connectivity index (χ1) is 9.84. The topological polar surface area (TPSA) is 75.4 Å². The molecule has 0 spiro atoms. The molecule has 0 heterocycles. The van der Waals surface area contributed by atoms with Crippen LogP contribution in [-0.2, 0) is 4.79 Å². The average Bonchev–Trinajstić information content (AvgIpc) is 2.41. The van der Waals surface area contributed by atoms with E-state index in [0.717, 1.165) is 32.1 Å². The molecule has 0 radical (unpaired) electrons. The van der Waals surface area contributed by atoms with E-state index in [2.05, 4.69) is 26.1 Å². The van der Waals surface area contributed by atoms with Crippen LogP contribution >= 0.6 is 0 Å². The molecular formula is C17H34N2O2. The molecule has 1 aliphatic rings. The fourth-order valence-corrected chi connectivity index (χ4v) is 3.28. The van der Waals surface area contributed by atoms with Gasteiger partial charge in [-0.1, -0.05) is 33.6 Å². The summed E-state index contributed by atoms with van der Waals surface area (Å²) in [4.78, 5) is 12.0. The molecular weight excluding hydrogens is 264 g/mol. The van der Waals surface area contributed by atoms with Crippen molar-refractivity contribution >= 4 is 5.91 Å². The molecule has 1 aliphatic carbocycles. The van der Waals surface area contributed by atoms with Gasteiger partial charge in [-0.15, -0.1) is 0 Å². The molecule has 0 saturated heterocycles. The van der Waals surface area contributed by atoms with Crippen molar-refractivity contribution < 1.29 is 9.90 Å². The SMILES string of the molecule is CC(C)(C)C(CCN)CCC(=O)NCC1CCCCC1O. The van der Waals surface area contributed by atoms with E-state index in [0.29, 0.717) is 25.4 Å². The van der Waals surface area contributed by atoms with Gasteiger partial charge in [0.15, 0.2) is 0 Å². The van der Waals surface area contributed by atoms with Crippen molar-refractivity contribution in [2.45, 2.75) is 71.8 Å². The van der Waals surface area contributed by atoms with Crippen LogP contribution in [0.15, 0.2) is 0 Å². The van der Waals surface area contributed by atoms with Crippen LogP contribution in [0.1, 0.15) is 65.7 Å². The van der Waals surface area contributed by atoms with E-state index in [1.807, 2.05) is 0 Å². The molecule has 124 valence electrons. The number of nitrogens with one attached hydrogen (secondary N) is 1. The standard InChI is InChI=1S/C17H34N2O2/c1-17(2,3)14(10-11-18)8-9-16(21)19-12-13-6-4-5-7-15(13)20/h13-15,20H,4-12,18H2,1-3H3,(H,19,21). The Morgan fingerprint density at radius 1 is 1.29 bits per heavy atom. The largest absolute Gasteiger partial charge is 0.393 e. The summed E-state index contributed by atoms with van der Waals surface area (Å²) in [5.41, 5.74) is 5.87. The van der Waals surface area contributed by atoms with Gasteiger partial charge in [-0.3, -0.25) is 4.79 Å². The van der Waals surface area contributed by atoms with E-state index >= 15 is 0 Å². The lowest BCUT2D eigenvalue weighted by Gasteiger charge is -2.31. The second kappa shape index (κ2) is 8.74. The van der Waals surface area contributed by atoms with Crippen molar-refractivity contribution in [3.05, 3.63) is 0 Å². The lowest BCUT2D eigenvalue weighted by molar-refractivity contribution is -0.122. The molecule has 3 unspecified atom stereocenters. The van der Waals surface area contributed by atoms with Gasteiger partial charge in [0.05, 0.1) is 6.10 Å². The maximum absolute atomic E-state index is 12.0. The summed E-state index contributed by atoms with van der Waals surface area (Å²) < 4.78 is 0. The lowest BCUT2D eigenvalue weighted by atomic mass is 9.76. The van der Waals surface area contributed by atoms with E-state index in [1.54, 1.807) is 0 Å². The highest BCUT2D eigenvalue weighted by molar-refractivity contribution is 5.75. The van der Waals surface area contributed by atoms with Crippen LogP contribution < -0.4 is 11.1 Å². The van der Waals surface area contributed by atoms with Gasteiger partial charge in [-0.2, -0.15) is 0 Å². The zero-order valence-corrected chi connectivity index (χ0v) is 14.0. The molecule has 4 heteroatoms. The summed E-state index contributed by atoms with van der Waals surface area (Å²) in [6.07, 6.45) is 6.36. The Balaban J connectivity index is 2.29. The van der Waals surface area contributed by atoms with Crippen LogP contribution in [0, 0.1) is 17.3 Å². The monoisotopic (exact) mass is 298 g/mol. The molecule has 0 aliphatic heterocycles. The minimum absolute atomic E-state index is 0.110. The van der Waals surface area contributed by atoms with Gasteiger partial charge in [0.25, 0.3) is 0 Å². The molecule has 0 aromatic heterocycles. The maximum atomic E-state index is 12.0. The highest BCUT2D eigenvalue weighted by Crippen LogP contribution is 2.32. The van der Waals surface area contributed by atoms with Crippen LogP contribution in [0.25, 0.3) is 0 Å². The Kier molecular flexibility index (Phi) is 7.67. The fraction of sp³-hybridized carbons (Fsp3) is 0.941. The molecule has 3 atom stereocenters. The van der Waals surface area contributed by atoms with Crippen LogP contribution in [0.2, 0.25) is 0 Å². The Bertz CT molecular complexity index is 312. The number of carbonyl (C=O) groups excluding carboxylic acids is 1. The Morgan fingerprint density at radius 3 is 2.52 bits per heavy atom. The maximum Gasteiger partial charge on any atom is 0.220 e. The molecule has 1 fully saturated rings. The number of hydrogen-bond donors (Lipinski definition) is 3. The van der Waals surface area contributed by atoms with Crippen molar-refractivity contribution in [2.24, 2.45) is 23.0 Å². The van der Waals surface area contributed by atoms with Crippen LogP contribution in [0.4, 0.5) is 0 Å². The van der Waals surface area contributed by atoms with Gasteiger partial charge in [0.2, 0.25) is 5.91 Å². The summed E-state index contributed by atoms with van der Waals surface area (Å²) >= 11 is 0. The molecule has 4 N–H and O–H groups in total. The molecule has 1 rings (SSSR count). The third-order valence-electron chi connectivity index (χ3n) is 4.89. The fourth-order valence-electron chi connectivity index (χ4n) is 3.28. The predicted octanol–water partition coefficient (Wildman–Crippen LogP) is 2.45. The summed E-state index contributed by atoms with van der Waals surface area (Å²) in [5.74, 6) is 0.831. The zero-order chi connectivity index (χ0) is 15.9. The van der Waals surface area contributed by atoms with Crippen molar-refractivity contribution in [2.75, 3.05) is 13.1 Å². The number of aliphatic hydroxyl groups excluding tert-OH is 1. The zero-order valence-electron chi connectivity index (χ0n) is 14.0. The van der Waals surface area contributed by atoms with Gasteiger partial charge in [-0.25, -0.2) is 0 Å².